The van der Waals surface area contributed by atoms with Crippen LogP contribution >= 0.6 is 11.6 Å². The highest BCUT2D eigenvalue weighted by Gasteiger charge is 2.29. The quantitative estimate of drug-likeness (QED) is 0.261. The maximum atomic E-state index is 12.8. The number of aliphatic carboxylic acids is 1. The number of sulfonamides is 2. The van der Waals surface area contributed by atoms with Gasteiger partial charge in [0.25, 0.3) is 0 Å². The second-order valence-corrected chi connectivity index (χ2v) is 10.7. The number of aryl methyl sites for hydroxylation is 1. The summed E-state index contributed by atoms with van der Waals surface area (Å²) >= 11 is 6.01. The number of nitrogens with two attached hydrogens (primary N) is 1. The molecule has 0 saturated carbocycles. The molecule has 1 amide bonds. The second-order valence-electron chi connectivity index (χ2n) is 7.05. The predicted octanol–water partition coefficient (Wildman–Crippen LogP) is 0.959. The molecular formula is C19H23ClN4O8S2. The van der Waals surface area contributed by atoms with Crippen LogP contribution in [0.25, 0.3) is 0 Å². The summed E-state index contributed by atoms with van der Waals surface area (Å²) in [5.41, 5.74) is 5.72. The van der Waals surface area contributed by atoms with Gasteiger partial charge in [-0.05, 0) is 55.3 Å². The summed E-state index contributed by atoms with van der Waals surface area (Å²) in [7, 11) is -6.96. The Bertz CT molecular complexity index is 1280. The highest BCUT2D eigenvalue weighted by molar-refractivity contribution is 7.89. The van der Waals surface area contributed by atoms with E-state index in [-0.39, 0.29) is 33.4 Å². The monoisotopic (exact) mass is 534 g/mol. The molecule has 34 heavy (non-hydrogen) atoms. The van der Waals surface area contributed by atoms with Crippen molar-refractivity contribution >= 4 is 49.2 Å². The zero-order valence-corrected chi connectivity index (χ0v) is 20.4. The maximum Gasteiger partial charge on any atom is 0.321 e. The molecule has 0 unspecified atom stereocenters. The van der Waals surface area contributed by atoms with Gasteiger partial charge >= 0.3 is 5.97 Å². The lowest BCUT2D eigenvalue weighted by molar-refractivity contribution is -0.139. The Morgan fingerprint density at radius 3 is 2.29 bits per heavy atom. The average molecular weight is 535 g/mol. The zero-order valence-electron chi connectivity index (χ0n) is 18.0. The SMILES string of the molecule is COc1cc(C)c(Cl)cc1S(=O)(=O)N[C@@H](CCC(=O)NNc1ccc(S(N)(=O)=O)cc1)C(=O)O. The molecule has 0 fully saturated rings. The standard InChI is InChI=1S/C19H23ClN4O8S2/c1-11-9-16(32-2)17(10-14(11)20)34(30,31)24-15(19(26)27)7-8-18(25)23-22-12-3-5-13(6-4-12)33(21,28)29/h3-6,9-10,15,22,24H,7-8H2,1-2H3,(H,23,25)(H,26,27)(H2,21,28,29)/t15-/m0/s1. The largest absolute Gasteiger partial charge is 0.495 e. The number of carbonyl (C=O) groups excluding carboxylic acids is 1. The van der Waals surface area contributed by atoms with Crippen molar-refractivity contribution in [1.29, 1.82) is 0 Å². The van der Waals surface area contributed by atoms with Gasteiger partial charge in [0.2, 0.25) is 26.0 Å². The summed E-state index contributed by atoms with van der Waals surface area (Å²) in [5.74, 6) is -2.15. The normalized spacial score (nSPS) is 12.6. The Balaban J connectivity index is 2.02. The van der Waals surface area contributed by atoms with Crippen LogP contribution in [-0.4, -0.2) is 47.0 Å². The first kappa shape index (κ1) is 27.3. The molecule has 0 spiro atoms. The van der Waals surface area contributed by atoms with E-state index in [1.807, 2.05) is 4.72 Å². The number of methoxy groups -OCH3 is 1. The number of hydrazine groups is 1. The van der Waals surface area contributed by atoms with E-state index in [1.165, 1.54) is 37.4 Å². The van der Waals surface area contributed by atoms with E-state index >= 15 is 0 Å². The Kier molecular flexibility index (Phi) is 8.85. The summed E-state index contributed by atoms with van der Waals surface area (Å²) in [6.07, 6.45) is -0.720. The number of amides is 1. The van der Waals surface area contributed by atoms with Crippen molar-refractivity contribution in [3.63, 3.8) is 0 Å². The number of carboxylic acids is 1. The molecule has 2 rings (SSSR count). The lowest BCUT2D eigenvalue weighted by Gasteiger charge is -2.17. The van der Waals surface area contributed by atoms with E-state index in [9.17, 15) is 31.5 Å². The molecule has 0 aliphatic heterocycles. The molecule has 12 nitrogen and oxygen atoms in total. The number of benzene rings is 2. The topological polar surface area (TPSA) is 194 Å². The van der Waals surface area contributed by atoms with Crippen molar-refractivity contribution in [1.82, 2.24) is 10.1 Å². The summed E-state index contributed by atoms with van der Waals surface area (Å²) in [4.78, 5) is 23.2. The molecule has 15 heteroatoms. The van der Waals surface area contributed by atoms with Crippen LogP contribution in [-0.2, 0) is 29.6 Å². The molecule has 6 N–H and O–H groups in total. The Labute approximate surface area is 201 Å². The van der Waals surface area contributed by atoms with E-state index in [0.717, 1.165) is 6.07 Å². The number of primary sulfonamides is 1. The fraction of sp³-hybridized carbons (Fsp3) is 0.263. The summed E-state index contributed by atoms with van der Waals surface area (Å²) in [6.45, 7) is 1.65. The van der Waals surface area contributed by atoms with Crippen molar-refractivity contribution in [3.05, 3.63) is 47.0 Å². The molecule has 0 aromatic heterocycles. The highest BCUT2D eigenvalue weighted by atomic mass is 35.5. The van der Waals surface area contributed by atoms with Gasteiger partial charge in [0.05, 0.1) is 17.7 Å². The van der Waals surface area contributed by atoms with Crippen molar-refractivity contribution in [2.45, 2.75) is 35.6 Å². The highest BCUT2D eigenvalue weighted by Crippen LogP contribution is 2.30. The minimum atomic E-state index is -4.35. The van der Waals surface area contributed by atoms with Gasteiger partial charge in [-0.15, -0.1) is 0 Å². The fourth-order valence-corrected chi connectivity index (χ4v) is 4.84. The summed E-state index contributed by atoms with van der Waals surface area (Å²) < 4.78 is 55.1. The number of hydrogen-bond donors (Lipinski definition) is 5. The Hall–Kier alpha value is -2.91. The van der Waals surface area contributed by atoms with Crippen molar-refractivity contribution in [2.24, 2.45) is 5.14 Å². The van der Waals surface area contributed by atoms with Crippen LogP contribution in [0.15, 0.2) is 46.2 Å². The second kappa shape index (κ2) is 11.0. The number of halogens is 1. The number of ether oxygens (including phenoxy) is 1. The lowest BCUT2D eigenvalue weighted by Crippen LogP contribution is -2.42. The molecule has 0 radical (unpaired) electrons. The molecule has 1 atom stereocenters. The van der Waals surface area contributed by atoms with Crippen molar-refractivity contribution < 1.29 is 36.3 Å². The van der Waals surface area contributed by atoms with Gasteiger partial charge < -0.3 is 9.84 Å². The van der Waals surface area contributed by atoms with E-state index in [1.54, 1.807) is 6.92 Å². The van der Waals surface area contributed by atoms with Crippen molar-refractivity contribution in [3.8, 4) is 5.75 Å². The number of nitrogens with one attached hydrogen (secondary N) is 3. The van der Waals surface area contributed by atoms with Gasteiger partial charge in [-0.25, -0.2) is 22.0 Å². The molecule has 0 aliphatic rings. The van der Waals surface area contributed by atoms with E-state index in [0.29, 0.717) is 11.3 Å². The van der Waals surface area contributed by atoms with Crippen LogP contribution in [0.1, 0.15) is 18.4 Å². The third-order valence-electron chi connectivity index (χ3n) is 4.52. The van der Waals surface area contributed by atoms with Gasteiger partial charge in [0.1, 0.15) is 16.7 Å². The van der Waals surface area contributed by atoms with Crippen LogP contribution in [0.4, 0.5) is 5.69 Å². The molecule has 0 aliphatic carbocycles. The molecule has 2 aromatic carbocycles. The molecule has 0 heterocycles. The van der Waals surface area contributed by atoms with E-state index in [4.69, 9.17) is 21.5 Å². The average Bonchev–Trinajstić information content (AvgIpc) is 2.76. The number of anilines is 1. The molecule has 0 saturated heterocycles. The van der Waals surface area contributed by atoms with Crippen LogP contribution in [0.2, 0.25) is 5.02 Å². The lowest BCUT2D eigenvalue weighted by atomic mass is 10.1. The maximum absolute atomic E-state index is 12.8. The Morgan fingerprint density at radius 1 is 1.15 bits per heavy atom. The van der Waals surface area contributed by atoms with Gasteiger partial charge in [-0.1, -0.05) is 11.6 Å². The van der Waals surface area contributed by atoms with E-state index < -0.39 is 38.0 Å². The molecule has 2 aromatic rings. The first-order valence-corrected chi connectivity index (χ1v) is 12.9. The zero-order chi connectivity index (χ0) is 25.7. The minimum absolute atomic E-state index is 0.0195. The summed E-state index contributed by atoms with van der Waals surface area (Å²) in [6, 6.07) is 6.10. The third-order valence-corrected chi connectivity index (χ3v) is 7.35. The first-order valence-electron chi connectivity index (χ1n) is 9.51. The number of carboxylic acid groups (broad SMARTS) is 1. The smallest absolute Gasteiger partial charge is 0.321 e. The molecular weight excluding hydrogens is 512 g/mol. The number of hydrogen-bond acceptors (Lipinski definition) is 8. The van der Waals surface area contributed by atoms with Gasteiger partial charge in [0.15, 0.2) is 0 Å². The third kappa shape index (κ3) is 7.30. The van der Waals surface area contributed by atoms with Crippen LogP contribution in [0.3, 0.4) is 0 Å². The van der Waals surface area contributed by atoms with Crippen LogP contribution in [0, 0.1) is 6.92 Å². The van der Waals surface area contributed by atoms with Crippen molar-refractivity contribution in [2.75, 3.05) is 12.5 Å². The van der Waals surface area contributed by atoms with Gasteiger partial charge in [0, 0.05) is 11.4 Å². The molecule has 0 bridgehead atoms. The molecule has 186 valence electrons. The Morgan fingerprint density at radius 2 is 1.76 bits per heavy atom. The number of rotatable bonds is 11. The first-order chi connectivity index (χ1) is 15.7. The van der Waals surface area contributed by atoms with Crippen LogP contribution < -0.4 is 25.4 Å². The van der Waals surface area contributed by atoms with E-state index in [2.05, 4.69) is 10.9 Å². The predicted molar refractivity (Wildman–Crippen MR) is 123 cm³/mol. The minimum Gasteiger partial charge on any atom is -0.495 e. The van der Waals surface area contributed by atoms with Gasteiger partial charge in [-0.2, -0.15) is 4.72 Å². The van der Waals surface area contributed by atoms with Crippen LogP contribution in [0.5, 0.6) is 5.75 Å². The summed E-state index contributed by atoms with van der Waals surface area (Å²) in [5, 5.41) is 14.6. The fourth-order valence-electron chi connectivity index (χ4n) is 2.70. The van der Waals surface area contributed by atoms with Gasteiger partial charge in [-0.3, -0.25) is 20.4 Å². The number of carbonyl (C=O) groups is 2.